The maximum atomic E-state index is 13.3. The molecule has 0 saturated heterocycles. The van der Waals surface area contributed by atoms with Gasteiger partial charge in [0, 0.05) is 24.5 Å². The van der Waals surface area contributed by atoms with E-state index in [-0.39, 0.29) is 5.91 Å². The Labute approximate surface area is 152 Å². The normalized spacial score (nSPS) is 14.3. The molecule has 1 N–H and O–H groups in total. The number of nitrogens with one attached hydrogen (secondary N) is 1. The largest absolute Gasteiger partial charge is 0.496 e. The molecular formula is C21H21N3O2. The number of hydrogen-bond acceptors (Lipinski definition) is 4. The summed E-state index contributed by atoms with van der Waals surface area (Å²) in [6.07, 6.45) is 6.79. The molecule has 0 bridgehead atoms. The monoisotopic (exact) mass is 347 g/mol. The van der Waals surface area contributed by atoms with Crippen molar-refractivity contribution < 1.29 is 9.53 Å². The van der Waals surface area contributed by atoms with Gasteiger partial charge in [0.05, 0.1) is 23.7 Å². The lowest BCUT2D eigenvalue weighted by Crippen LogP contribution is -2.20. The molecule has 3 heterocycles. The molecule has 0 saturated carbocycles. The van der Waals surface area contributed by atoms with Gasteiger partial charge in [-0.1, -0.05) is 17.7 Å². The van der Waals surface area contributed by atoms with E-state index in [1.54, 1.807) is 17.9 Å². The summed E-state index contributed by atoms with van der Waals surface area (Å²) < 4.78 is 7.10. The molecule has 0 radical (unpaired) electrons. The molecule has 0 amide bonds. The fourth-order valence-electron chi connectivity index (χ4n) is 3.45. The molecule has 4 rings (SSSR count). The Morgan fingerprint density at radius 2 is 2.19 bits per heavy atom. The fourth-order valence-corrected chi connectivity index (χ4v) is 3.45. The third kappa shape index (κ3) is 2.80. The van der Waals surface area contributed by atoms with Crippen LogP contribution in [-0.2, 0) is 0 Å². The summed E-state index contributed by atoms with van der Waals surface area (Å²) in [5, 5.41) is 3.32. The lowest BCUT2D eigenvalue weighted by Gasteiger charge is -2.12. The summed E-state index contributed by atoms with van der Waals surface area (Å²) in [4.78, 5) is 17.9. The molecule has 5 heteroatoms. The van der Waals surface area contributed by atoms with Gasteiger partial charge in [0.2, 0.25) is 0 Å². The SMILES string of the molecule is COc1ccc(C)cc1C(=O)n1cc(C2=CCNCC2)c2ncccc21. The summed E-state index contributed by atoms with van der Waals surface area (Å²) in [7, 11) is 1.59. The number of carbonyl (C=O) groups excluding carboxylic acids is 1. The second kappa shape index (κ2) is 6.77. The Morgan fingerprint density at radius 3 is 2.96 bits per heavy atom. The minimum absolute atomic E-state index is 0.107. The predicted octanol–water partition coefficient (Wildman–Crippen LogP) is 3.42. The van der Waals surface area contributed by atoms with Crippen LogP contribution < -0.4 is 10.1 Å². The number of nitrogens with zero attached hydrogens (tertiary/aromatic N) is 2. The number of methoxy groups -OCH3 is 1. The van der Waals surface area contributed by atoms with Crippen LogP contribution in [0.3, 0.4) is 0 Å². The zero-order valence-corrected chi connectivity index (χ0v) is 15.0. The number of ether oxygens (including phenoxy) is 1. The standard InChI is InChI=1S/C21H21N3O2/c1-14-5-6-19(26-2)16(12-14)21(25)24-13-17(15-7-10-22-11-8-15)20-18(24)4-3-9-23-20/h3-7,9,12-13,22H,8,10-11H2,1-2H3. The van der Waals surface area contributed by atoms with Crippen LogP contribution in [0.25, 0.3) is 16.6 Å². The fraction of sp³-hybridized carbons (Fsp3) is 0.238. The highest BCUT2D eigenvalue weighted by atomic mass is 16.5. The third-order valence-electron chi connectivity index (χ3n) is 4.77. The van der Waals surface area contributed by atoms with Crippen molar-refractivity contribution in [3.8, 4) is 5.75 Å². The van der Waals surface area contributed by atoms with Crippen molar-refractivity contribution in [2.75, 3.05) is 20.2 Å². The first-order valence-corrected chi connectivity index (χ1v) is 8.74. The van der Waals surface area contributed by atoms with Gasteiger partial charge in [0.25, 0.3) is 5.91 Å². The smallest absolute Gasteiger partial charge is 0.266 e. The van der Waals surface area contributed by atoms with Gasteiger partial charge in [-0.15, -0.1) is 0 Å². The Morgan fingerprint density at radius 1 is 1.31 bits per heavy atom. The summed E-state index contributed by atoms with van der Waals surface area (Å²) in [6.45, 7) is 3.75. The van der Waals surface area contributed by atoms with Crippen molar-refractivity contribution in [1.29, 1.82) is 0 Å². The molecule has 132 valence electrons. The summed E-state index contributed by atoms with van der Waals surface area (Å²) in [5.41, 5.74) is 5.51. The maximum Gasteiger partial charge on any atom is 0.266 e. The zero-order chi connectivity index (χ0) is 18.1. The number of rotatable bonds is 3. The van der Waals surface area contributed by atoms with Crippen LogP contribution in [0.2, 0.25) is 0 Å². The topological polar surface area (TPSA) is 56.1 Å². The first-order valence-electron chi connectivity index (χ1n) is 8.74. The Kier molecular flexibility index (Phi) is 4.31. The van der Waals surface area contributed by atoms with Crippen molar-refractivity contribution in [2.45, 2.75) is 13.3 Å². The third-order valence-corrected chi connectivity index (χ3v) is 4.77. The molecule has 1 aliphatic rings. The molecule has 0 unspecified atom stereocenters. The van der Waals surface area contributed by atoms with E-state index in [4.69, 9.17) is 4.74 Å². The maximum absolute atomic E-state index is 13.3. The number of fused-ring (bicyclic) bond motifs is 1. The number of aryl methyl sites for hydroxylation is 1. The first kappa shape index (κ1) is 16.5. The van der Waals surface area contributed by atoms with Crippen LogP contribution in [0.5, 0.6) is 5.75 Å². The highest BCUT2D eigenvalue weighted by Crippen LogP contribution is 2.30. The molecule has 1 aliphatic heterocycles. The lowest BCUT2D eigenvalue weighted by molar-refractivity contribution is 0.0962. The molecule has 0 aliphatic carbocycles. The van der Waals surface area contributed by atoms with E-state index in [2.05, 4.69) is 16.4 Å². The van der Waals surface area contributed by atoms with Gasteiger partial charge >= 0.3 is 0 Å². The zero-order valence-electron chi connectivity index (χ0n) is 15.0. The van der Waals surface area contributed by atoms with E-state index < -0.39 is 0 Å². The van der Waals surface area contributed by atoms with Crippen LogP contribution in [0.1, 0.15) is 27.9 Å². The van der Waals surface area contributed by atoms with E-state index in [0.717, 1.165) is 41.7 Å². The molecule has 1 aromatic carbocycles. The minimum atomic E-state index is -0.107. The molecule has 5 nitrogen and oxygen atoms in total. The van der Waals surface area contributed by atoms with E-state index in [9.17, 15) is 4.79 Å². The predicted molar refractivity (Wildman–Crippen MR) is 103 cm³/mol. The van der Waals surface area contributed by atoms with Crippen molar-refractivity contribution in [1.82, 2.24) is 14.9 Å². The van der Waals surface area contributed by atoms with E-state index in [1.807, 2.05) is 43.5 Å². The first-order chi connectivity index (χ1) is 12.7. The van der Waals surface area contributed by atoms with E-state index >= 15 is 0 Å². The van der Waals surface area contributed by atoms with Crippen LogP contribution in [0.4, 0.5) is 0 Å². The van der Waals surface area contributed by atoms with Gasteiger partial charge < -0.3 is 10.1 Å². The molecule has 0 fully saturated rings. The molecule has 0 atom stereocenters. The number of aromatic nitrogens is 2. The van der Waals surface area contributed by atoms with Gasteiger partial charge in [-0.2, -0.15) is 0 Å². The van der Waals surface area contributed by atoms with Gasteiger partial charge in [0.15, 0.2) is 0 Å². The number of benzene rings is 1. The molecule has 2 aromatic heterocycles. The number of hydrogen-bond donors (Lipinski definition) is 1. The van der Waals surface area contributed by atoms with Gasteiger partial charge in [-0.3, -0.25) is 14.3 Å². The summed E-state index contributed by atoms with van der Waals surface area (Å²) >= 11 is 0. The van der Waals surface area contributed by atoms with Crippen LogP contribution in [0.15, 0.2) is 48.8 Å². The molecule has 0 spiro atoms. The Hall–Kier alpha value is -2.92. The van der Waals surface area contributed by atoms with Gasteiger partial charge in [0.1, 0.15) is 5.75 Å². The van der Waals surface area contributed by atoms with Crippen molar-refractivity contribution in [3.05, 3.63) is 65.5 Å². The Balaban J connectivity index is 1.88. The van der Waals surface area contributed by atoms with Crippen molar-refractivity contribution in [3.63, 3.8) is 0 Å². The van der Waals surface area contributed by atoms with Gasteiger partial charge in [-0.05, 0) is 49.7 Å². The summed E-state index contributed by atoms with van der Waals surface area (Å²) in [5.74, 6) is 0.471. The van der Waals surface area contributed by atoms with Crippen LogP contribution in [-0.4, -0.2) is 35.7 Å². The second-order valence-electron chi connectivity index (χ2n) is 6.48. The lowest BCUT2D eigenvalue weighted by atomic mass is 10.0. The molecule has 3 aromatic rings. The number of carbonyl (C=O) groups is 1. The average molecular weight is 347 g/mol. The molecular weight excluding hydrogens is 326 g/mol. The quantitative estimate of drug-likeness (QED) is 0.789. The van der Waals surface area contributed by atoms with E-state index in [1.165, 1.54) is 5.57 Å². The minimum Gasteiger partial charge on any atom is -0.496 e. The van der Waals surface area contributed by atoms with Crippen molar-refractivity contribution in [2.24, 2.45) is 0 Å². The van der Waals surface area contributed by atoms with Crippen LogP contribution >= 0.6 is 0 Å². The molecule has 26 heavy (non-hydrogen) atoms. The van der Waals surface area contributed by atoms with Gasteiger partial charge in [-0.25, -0.2) is 0 Å². The van der Waals surface area contributed by atoms with Crippen LogP contribution in [0, 0.1) is 6.92 Å². The average Bonchev–Trinajstić information content (AvgIpc) is 3.08. The number of pyridine rings is 1. The van der Waals surface area contributed by atoms with Crippen molar-refractivity contribution >= 4 is 22.5 Å². The highest BCUT2D eigenvalue weighted by molar-refractivity contribution is 6.05. The van der Waals surface area contributed by atoms with E-state index in [0.29, 0.717) is 11.3 Å². The highest BCUT2D eigenvalue weighted by Gasteiger charge is 2.21. The Bertz CT molecular complexity index is 1020. The summed E-state index contributed by atoms with van der Waals surface area (Å²) in [6, 6.07) is 9.44. The second-order valence-corrected chi connectivity index (χ2v) is 6.48.